The van der Waals surface area contributed by atoms with Crippen LogP contribution in [-0.4, -0.2) is 35.0 Å². The second-order valence-corrected chi connectivity index (χ2v) is 5.95. The highest BCUT2D eigenvalue weighted by Crippen LogP contribution is 2.29. The Morgan fingerprint density at radius 1 is 1.14 bits per heavy atom. The molecule has 4 atom stereocenters. The summed E-state index contributed by atoms with van der Waals surface area (Å²) in [6.07, 6.45) is 3.25. The van der Waals surface area contributed by atoms with Crippen LogP contribution in [0.25, 0.3) is 0 Å². The zero-order valence-electron chi connectivity index (χ0n) is 13.0. The Bertz CT molecular complexity index is 397. The largest absolute Gasteiger partial charge is 0.481 e. The molecule has 0 spiro atoms. The Balaban J connectivity index is 2.48. The summed E-state index contributed by atoms with van der Waals surface area (Å²) in [5.74, 6) is -2.01. The number of carbonyl (C=O) groups is 3. The summed E-state index contributed by atoms with van der Waals surface area (Å²) in [4.78, 5) is 35.0. The van der Waals surface area contributed by atoms with E-state index in [1.165, 1.54) is 0 Å². The van der Waals surface area contributed by atoms with Crippen molar-refractivity contribution in [3.8, 4) is 0 Å². The zero-order chi connectivity index (χ0) is 16.0. The van der Waals surface area contributed by atoms with Gasteiger partial charge in [0.1, 0.15) is 6.04 Å². The number of aliphatic carboxylic acids is 1. The van der Waals surface area contributed by atoms with E-state index in [1.807, 2.05) is 13.8 Å². The molecule has 0 bridgehead atoms. The van der Waals surface area contributed by atoms with Gasteiger partial charge in [-0.3, -0.25) is 14.4 Å². The molecule has 1 saturated carbocycles. The van der Waals surface area contributed by atoms with E-state index < -0.39 is 17.9 Å². The van der Waals surface area contributed by atoms with E-state index in [-0.39, 0.29) is 23.8 Å². The van der Waals surface area contributed by atoms with Crippen LogP contribution in [0.3, 0.4) is 0 Å². The maximum absolute atomic E-state index is 12.2. The van der Waals surface area contributed by atoms with Crippen molar-refractivity contribution < 1.29 is 19.5 Å². The fourth-order valence-corrected chi connectivity index (χ4v) is 2.52. The fraction of sp³-hybridized carbons (Fsp3) is 0.800. The molecule has 0 radical (unpaired) electrons. The van der Waals surface area contributed by atoms with Gasteiger partial charge in [0.05, 0.1) is 5.92 Å². The summed E-state index contributed by atoms with van der Waals surface area (Å²) < 4.78 is 0. The molecule has 0 aromatic heterocycles. The molecule has 120 valence electrons. The summed E-state index contributed by atoms with van der Waals surface area (Å²) in [5.41, 5.74) is 0. The minimum Gasteiger partial charge on any atom is -0.481 e. The molecule has 1 aliphatic rings. The normalized spacial score (nSPS) is 24.7. The molecule has 6 heteroatoms. The SMILES string of the molecule is CCC(C)NC(=O)C(C)NC(=O)C1CCCC(C(=O)O)C1. The first kappa shape index (κ1) is 17.5. The lowest BCUT2D eigenvalue weighted by Crippen LogP contribution is -2.49. The average Bonchev–Trinajstić information content (AvgIpc) is 2.46. The Hall–Kier alpha value is -1.59. The average molecular weight is 298 g/mol. The van der Waals surface area contributed by atoms with Crippen molar-refractivity contribution in [1.29, 1.82) is 0 Å². The molecule has 21 heavy (non-hydrogen) atoms. The van der Waals surface area contributed by atoms with Crippen molar-refractivity contribution in [2.75, 3.05) is 0 Å². The van der Waals surface area contributed by atoms with E-state index >= 15 is 0 Å². The van der Waals surface area contributed by atoms with Gasteiger partial charge in [0.25, 0.3) is 0 Å². The smallest absolute Gasteiger partial charge is 0.306 e. The lowest BCUT2D eigenvalue weighted by Gasteiger charge is -2.27. The zero-order valence-corrected chi connectivity index (χ0v) is 13.0. The quantitative estimate of drug-likeness (QED) is 0.688. The number of carboxylic acids is 1. The summed E-state index contributed by atoms with van der Waals surface area (Å²) in [7, 11) is 0. The van der Waals surface area contributed by atoms with Crippen molar-refractivity contribution in [3.05, 3.63) is 0 Å². The summed E-state index contributed by atoms with van der Waals surface area (Å²) >= 11 is 0. The van der Waals surface area contributed by atoms with Crippen LogP contribution in [-0.2, 0) is 14.4 Å². The van der Waals surface area contributed by atoms with Gasteiger partial charge in [-0.2, -0.15) is 0 Å². The number of carbonyl (C=O) groups excluding carboxylic acids is 2. The third kappa shape index (κ3) is 5.36. The third-order valence-electron chi connectivity index (χ3n) is 4.15. The van der Waals surface area contributed by atoms with Crippen LogP contribution in [0.5, 0.6) is 0 Å². The molecule has 3 N–H and O–H groups in total. The molecule has 0 aromatic carbocycles. The molecule has 1 aliphatic carbocycles. The van der Waals surface area contributed by atoms with Crippen LogP contribution in [0.4, 0.5) is 0 Å². The highest BCUT2D eigenvalue weighted by molar-refractivity contribution is 5.88. The first-order valence-electron chi connectivity index (χ1n) is 7.68. The van der Waals surface area contributed by atoms with Crippen molar-refractivity contribution >= 4 is 17.8 Å². The van der Waals surface area contributed by atoms with E-state index in [1.54, 1.807) is 6.92 Å². The molecule has 0 saturated heterocycles. The van der Waals surface area contributed by atoms with E-state index in [4.69, 9.17) is 5.11 Å². The monoisotopic (exact) mass is 298 g/mol. The Morgan fingerprint density at radius 2 is 1.76 bits per heavy atom. The molecule has 6 nitrogen and oxygen atoms in total. The molecule has 0 aliphatic heterocycles. The summed E-state index contributed by atoms with van der Waals surface area (Å²) in [6.45, 7) is 5.53. The maximum atomic E-state index is 12.2. The molecular weight excluding hydrogens is 272 g/mol. The fourth-order valence-electron chi connectivity index (χ4n) is 2.52. The van der Waals surface area contributed by atoms with E-state index in [0.29, 0.717) is 19.3 Å². The third-order valence-corrected chi connectivity index (χ3v) is 4.15. The van der Waals surface area contributed by atoms with Gasteiger partial charge in [0, 0.05) is 12.0 Å². The van der Waals surface area contributed by atoms with Gasteiger partial charge >= 0.3 is 5.97 Å². The van der Waals surface area contributed by atoms with Gasteiger partial charge in [0.15, 0.2) is 0 Å². The Labute approximate surface area is 125 Å². The number of rotatable bonds is 6. The molecule has 1 fully saturated rings. The molecule has 4 unspecified atom stereocenters. The van der Waals surface area contributed by atoms with Crippen LogP contribution < -0.4 is 10.6 Å². The van der Waals surface area contributed by atoms with Gasteiger partial charge in [-0.05, 0) is 39.5 Å². The molecule has 2 amide bonds. The van der Waals surface area contributed by atoms with Crippen molar-refractivity contribution in [2.45, 2.75) is 65.0 Å². The minimum atomic E-state index is -0.838. The van der Waals surface area contributed by atoms with Crippen molar-refractivity contribution in [2.24, 2.45) is 11.8 Å². The second-order valence-electron chi connectivity index (χ2n) is 5.95. The van der Waals surface area contributed by atoms with Crippen LogP contribution in [0, 0.1) is 11.8 Å². The first-order chi connectivity index (χ1) is 9.85. The maximum Gasteiger partial charge on any atom is 0.306 e. The topological polar surface area (TPSA) is 95.5 Å². The number of carboxylic acid groups (broad SMARTS) is 1. The Kier molecular flexibility index (Phi) is 6.65. The highest BCUT2D eigenvalue weighted by Gasteiger charge is 2.32. The molecule has 0 aromatic rings. The van der Waals surface area contributed by atoms with E-state index in [9.17, 15) is 14.4 Å². The van der Waals surface area contributed by atoms with Gasteiger partial charge in [-0.1, -0.05) is 13.3 Å². The van der Waals surface area contributed by atoms with Gasteiger partial charge < -0.3 is 15.7 Å². The lowest BCUT2D eigenvalue weighted by molar-refractivity contribution is -0.144. The van der Waals surface area contributed by atoms with Crippen LogP contribution >= 0.6 is 0 Å². The minimum absolute atomic E-state index is 0.0722. The number of hydrogen-bond acceptors (Lipinski definition) is 3. The van der Waals surface area contributed by atoms with Crippen LogP contribution in [0.15, 0.2) is 0 Å². The molecule has 1 rings (SSSR count). The van der Waals surface area contributed by atoms with E-state index in [2.05, 4.69) is 10.6 Å². The van der Waals surface area contributed by atoms with Gasteiger partial charge in [-0.15, -0.1) is 0 Å². The number of nitrogens with one attached hydrogen (secondary N) is 2. The summed E-state index contributed by atoms with van der Waals surface area (Å²) in [5, 5.41) is 14.5. The Morgan fingerprint density at radius 3 is 2.33 bits per heavy atom. The predicted octanol–water partition coefficient (Wildman–Crippen LogP) is 1.30. The molecular formula is C15H26N2O4. The predicted molar refractivity (Wildman–Crippen MR) is 78.6 cm³/mol. The second kappa shape index (κ2) is 8.00. The standard InChI is InChI=1S/C15H26N2O4/c1-4-9(2)16-13(18)10(3)17-14(19)11-6-5-7-12(8-11)15(20)21/h9-12H,4-8H2,1-3H3,(H,16,18)(H,17,19)(H,20,21). The number of hydrogen-bond donors (Lipinski definition) is 3. The lowest BCUT2D eigenvalue weighted by atomic mass is 9.81. The van der Waals surface area contributed by atoms with Crippen molar-refractivity contribution in [3.63, 3.8) is 0 Å². The van der Waals surface area contributed by atoms with Crippen LogP contribution in [0.2, 0.25) is 0 Å². The van der Waals surface area contributed by atoms with Crippen molar-refractivity contribution in [1.82, 2.24) is 10.6 Å². The van der Waals surface area contributed by atoms with Gasteiger partial charge in [0.2, 0.25) is 11.8 Å². The number of amides is 2. The highest BCUT2D eigenvalue weighted by atomic mass is 16.4. The summed E-state index contributed by atoms with van der Waals surface area (Å²) in [6, 6.07) is -0.528. The van der Waals surface area contributed by atoms with E-state index in [0.717, 1.165) is 12.8 Å². The first-order valence-corrected chi connectivity index (χ1v) is 7.68. The van der Waals surface area contributed by atoms with Crippen LogP contribution in [0.1, 0.15) is 52.9 Å². The van der Waals surface area contributed by atoms with Gasteiger partial charge in [-0.25, -0.2) is 0 Å². The molecule has 0 heterocycles.